The molecule has 0 saturated carbocycles. The van der Waals surface area contributed by atoms with E-state index in [0.29, 0.717) is 5.82 Å². The zero-order chi connectivity index (χ0) is 16.2. The van der Waals surface area contributed by atoms with E-state index in [9.17, 15) is 4.79 Å². The molecule has 3 aromatic rings. The molecule has 1 amide bonds. The van der Waals surface area contributed by atoms with Crippen LogP contribution in [0.15, 0.2) is 42.5 Å². The fraction of sp³-hybridized carbons (Fsp3) is 0.222. The maximum Gasteiger partial charge on any atom is 0.222 e. The first-order valence-electron chi connectivity index (χ1n) is 7.57. The maximum atomic E-state index is 11.1. The molecule has 0 radical (unpaired) electrons. The minimum absolute atomic E-state index is 0.118. The van der Waals surface area contributed by atoms with Crippen LogP contribution in [0.5, 0.6) is 0 Å². The highest BCUT2D eigenvalue weighted by Gasteiger charge is 2.03. The fourth-order valence-corrected chi connectivity index (χ4v) is 2.40. The third-order valence-electron chi connectivity index (χ3n) is 3.50. The topological polar surface area (TPSA) is 67.8 Å². The van der Waals surface area contributed by atoms with Gasteiger partial charge >= 0.3 is 0 Å². The van der Waals surface area contributed by atoms with Gasteiger partial charge in [-0.3, -0.25) is 4.79 Å². The van der Waals surface area contributed by atoms with Crippen LogP contribution in [0.2, 0.25) is 0 Å². The van der Waals surface area contributed by atoms with Crippen LogP contribution in [0.4, 0.5) is 5.82 Å². The Bertz CT molecular complexity index is 861. The minimum atomic E-state index is -0.118. The number of aromatic nitrogens is 3. The quantitative estimate of drug-likeness (QED) is 0.804. The van der Waals surface area contributed by atoms with Crippen LogP contribution in [0.25, 0.3) is 11.0 Å². The van der Waals surface area contributed by atoms with Gasteiger partial charge in [0.25, 0.3) is 0 Å². The van der Waals surface area contributed by atoms with Gasteiger partial charge in [0, 0.05) is 29.4 Å². The molecule has 0 fully saturated rings. The Balaban J connectivity index is 1.74. The molecule has 23 heavy (non-hydrogen) atoms. The third kappa shape index (κ3) is 3.88. The second-order valence-corrected chi connectivity index (χ2v) is 5.50. The molecule has 0 unspecified atom stereocenters. The molecule has 0 aliphatic carbocycles. The van der Waals surface area contributed by atoms with Crippen molar-refractivity contribution < 1.29 is 4.79 Å². The summed E-state index contributed by atoms with van der Waals surface area (Å²) >= 11 is 0. The summed E-state index contributed by atoms with van der Waals surface area (Å²) in [6.45, 7) is 3.44. The Morgan fingerprint density at radius 3 is 2.48 bits per heavy atom. The molecule has 0 aliphatic rings. The molecular weight excluding hydrogens is 288 g/mol. The average Bonchev–Trinajstić information content (AvgIpc) is 2.52. The van der Waals surface area contributed by atoms with Crippen LogP contribution >= 0.6 is 0 Å². The number of carbonyl (C=O) groups excluding carboxylic acids is 1. The normalized spacial score (nSPS) is 10.7. The number of fused-ring (bicyclic) bond motifs is 1. The molecule has 1 N–H and O–H groups in total. The molecule has 5 nitrogen and oxygen atoms in total. The van der Waals surface area contributed by atoms with Gasteiger partial charge in [0.05, 0.1) is 0 Å². The number of carbonyl (C=O) groups is 1. The Morgan fingerprint density at radius 1 is 0.957 bits per heavy atom. The molecule has 116 valence electrons. The van der Waals surface area contributed by atoms with E-state index in [1.165, 1.54) is 6.92 Å². The number of nitrogens with one attached hydrogen (secondary N) is 1. The van der Waals surface area contributed by atoms with Gasteiger partial charge in [-0.15, -0.1) is 0 Å². The van der Waals surface area contributed by atoms with Crippen molar-refractivity contribution >= 4 is 22.8 Å². The van der Waals surface area contributed by atoms with Crippen molar-refractivity contribution in [3.05, 3.63) is 59.5 Å². The Labute approximate surface area is 134 Å². The van der Waals surface area contributed by atoms with E-state index >= 15 is 0 Å². The summed E-state index contributed by atoms with van der Waals surface area (Å²) in [6.07, 6.45) is 1.54. The van der Waals surface area contributed by atoms with Crippen molar-refractivity contribution in [2.45, 2.75) is 26.7 Å². The molecule has 0 spiro atoms. The van der Waals surface area contributed by atoms with Crippen molar-refractivity contribution in [1.29, 1.82) is 0 Å². The van der Waals surface area contributed by atoms with Gasteiger partial charge in [-0.05, 0) is 56.2 Å². The SMILES string of the molecule is CC(=O)Nc1cccc(CCc2ccc3ccc(C)nc3n2)n1. The largest absolute Gasteiger partial charge is 0.311 e. The van der Waals surface area contributed by atoms with Crippen LogP contribution in [0.3, 0.4) is 0 Å². The van der Waals surface area contributed by atoms with E-state index in [2.05, 4.69) is 20.3 Å². The average molecular weight is 306 g/mol. The number of pyridine rings is 3. The summed E-state index contributed by atoms with van der Waals surface area (Å²) in [4.78, 5) is 24.6. The molecule has 0 atom stereocenters. The van der Waals surface area contributed by atoms with Crippen molar-refractivity contribution in [1.82, 2.24) is 15.0 Å². The summed E-state index contributed by atoms with van der Waals surface area (Å²) in [7, 11) is 0. The van der Waals surface area contributed by atoms with Crippen LogP contribution < -0.4 is 5.32 Å². The van der Waals surface area contributed by atoms with Gasteiger partial charge in [-0.2, -0.15) is 0 Å². The first-order valence-corrected chi connectivity index (χ1v) is 7.57. The van der Waals surface area contributed by atoms with E-state index in [0.717, 1.165) is 41.0 Å². The van der Waals surface area contributed by atoms with Crippen molar-refractivity contribution in [2.24, 2.45) is 0 Å². The van der Waals surface area contributed by atoms with E-state index in [1.54, 1.807) is 6.07 Å². The summed E-state index contributed by atoms with van der Waals surface area (Å²) in [6, 6.07) is 13.7. The molecule has 5 heteroatoms. The highest BCUT2D eigenvalue weighted by Crippen LogP contribution is 2.13. The van der Waals surface area contributed by atoms with Gasteiger partial charge in [-0.1, -0.05) is 6.07 Å². The monoisotopic (exact) mass is 306 g/mol. The van der Waals surface area contributed by atoms with Gasteiger partial charge in [-0.25, -0.2) is 15.0 Å². The summed E-state index contributed by atoms with van der Waals surface area (Å²) in [5.74, 6) is 0.464. The number of amides is 1. The molecular formula is C18H18N4O. The second kappa shape index (κ2) is 6.52. The highest BCUT2D eigenvalue weighted by atomic mass is 16.1. The fourth-order valence-electron chi connectivity index (χ4n) is 2.40. The van der Waals surface area contributed by atoms with E-state index in [1.807, 2.05) is 43.3 Å². The summed E-state index contributed by atoms with van der Waals surface area (Å²) in [5.41, 5.74) is 3.66. The smallest absolute Gasteiger partial charge is 0.222 e. The Hall–Kier alpha value is -2.82. The number of nitrogens with zero attached hydrogens (tertiary/aromatic N) is 3. The molecule has 0 saturated heterocycles. The van der Waals surface area contributed by atoms with E-state index in [-0.39, 0.29) is 5.91 Å². The molecule has 3 aromatic heterocycles. The Morgan fingerprint density at radius 2 is 1.70 bits per heavy atom. The van der Waals surface area contributed by atoms with Crippen LogP contribution in [0.1, 0.15) is 24.0 Å². The molecule has 3 rings (SSSR count). The van der Waals surface area contributed by atoms with Crippen LogP contribution in [-0.4, -0.2) is 20.9 Å². The second-order valence-electron chi connectivity index (χ2n) is 5.50. The maximum absolute atomic E-state index is 11.1. The number of aryl methyl sites for hydroxylation is 3. The summed E-state index contributed by atoms with van der Waals surface area (Å²) in [5, 5.41) is 3.74. The predicted octanol–water partition coefficient (Wildman–Crippen LogP) is 3.08. The van der Waals surface area contributed by atoms with Gasteiger partial charge in [0.2, 0.25) is 5.91 Å². The zero-order valence-corrected chi connectivity index (χ0v) is 13.2. The Kier molecular flexibility index (Phi) is 4.28. The van der Waals surface area contributed by atoms with Crippen molar-refractivity contribution in [3.8, 4) is 0 Å². The first kappa shape index (κ1) is 15.1. The third-order valence-corrected chi connectivity index (χ3v) is 3.50. The highest BCUT2D eigenvalue weighted by molar-refractivity contribution is 5.87. The number of hydrogen-bond donors (Lipinski definition) is 1. The lowest BCUT2D eigenvalue weighted by Crippen LogP contribution is -2.08. The molecule has 0 aromatic carbocycles. The first-order chi connectivity index (χ1) is 11.1. The lowest BCUT2D eigenvalue weighted by Gasteiger charge is -2.06. The lowest BCUT2D eigenvalue weighted by atomic mass is 10.1. The predicted molar refractivity (Wildman–Crippen MR) is 90.2 cm³/mol. The molecule has 3 heterocycles. The van der Waals surface area contributed by atoms with Gasteiger partial charge < -0.3 is 5.32 Å². The van der Waals surface area contributed by atoms with Gasteiger partial charge in [0.1, 0.15) is 5.82 Å². The van der Waals surface area contributed by atoms with Crippen molar-refractivity contribution in [3.63, 3.8) is 0 Å². The number of hydrogen-bond acceptors (Lipinski definition) is 4. The molecule has 0 aliphatic heterocycles. The van der Waals surface area contributed by atoms with Crippen LogP contribution in [0, 0.1) is 6.92 Å². The molecule has 0 bridgehead atoms. The van der Waals surface area contributed by atoms with Crippen LogP contribution in [-0.2, 0) is 17.6 Å². The minimum Gasteiger partial charge on any atom is -0.311 e. The zero-order valence-electron chi connectivity index (χ0n) is 13.2. The number of anilines is 1. The van der Waals surface area contributed by atoms with Gasteiger partial charge in [0.15, 0.2) is 5.65 Å². The number of rotatable bonds is 4. The lowest BCUT2D eigenvalue weighted by molar-refractivity contribution is -0.114. The van der Waals surface area contributed by atoms with E-state index in [4.69, 9.17) is 0 Å². The standard InChI is InChI=1S/C18H18N4O/c1-12-6-7-14-8-9-16(22-18(14)19-12)11-10-15-4-3-5-17(21-15)20-13(2)23/h3-9H,10-11H2,1-2H3,(H,20,21,23). The van der Waals surface area contributed by atoms with Crippen molar-refractivity contribution in [2.75, 3.05) is 5.32 Å². The summed E-state index contributed by atoms with van der Waals surface area (Å²) < 4.78 is 0. The van der Waals surface area contributed by atoms with E-state index < -0.39 is 0 Å².